The predicted octanol–water partition coefficient (Wildman–Crippen LogP) is -1.44. The number of rotatable bonds is 7. The Kier molecular flexibility index (Phi) is 5.58. The first kappa shape index (κ1) is 18.8. The lowest BCUT2D eigenvalue weighted by atomic mass is 10.1. The van der Waals surface area contributed by atoms with Gasteiger partial charge in [0.1, 0.15) is 30.1 Å². The standard InChI is InChI=1S/C14H20N6O5S/c15-6(14(23)24)1-2-26-3-7-9(21)10(22)13(25-7)20-5-19-8-11(16)17-4-18-12(8)20/h4-7,9-10,13,21-22H,1-3,15H2,(H,23,24)(H2,16,17,18)/t6-,7+,9-,10-,13+/m0/s1. The van der Waals surface area contributed by atoms with Gasteiger partial charge in [0.15, 0.2) is 17.7 Å². The van der Waals surface area contributed by atoms with E-state index in [4.69, 9.17) is 21.3 Å². The van der Waals surface area contributed by atoms with E-state index in [1.54, 1.807) is 0 Å². The number of carboxylic acids is 1. The molecule has 12 heteroatoms. The number of nitrogens with zero attached hydrogens (tertiary/aromatic N) is 4. The molecule has 1 aliphatic rings. The van der Waals surface area contributed by atoms with Crippen LogP contribution in [0.15, 0.2) is 12.7 Å². The fraction of sp³-hybridized carbons (Fsp3) is 0.571. The highest BCUT2D eigenvalue weighted by molar-refractivity contribution is 7.99. The molecule has 3 rings (SSSR count). The molecule has 0 bridgehead atoms. The molecule has 2 aromatic rings. The van der Waals surface area contributed by atoms with E-state index in [2.05, 4.69) is 15.0 Å². The lowest BCUT2D eigenvalue weighted by Crippen LogP contribution is -2.33. The summed E-state index contributed by atoms with van der Waals surface area (Å²) in [6, 6.07) is -0.919. The first-order valence-electron chi connectivity index (χ1n) is 7.91. The summed E-state index contributed by atoms with van der Waals surface area (Å²) in [4.78, 5) is 22.8. The van der Waals surface area contributed by atoms with Gasteiger partial charge in [0.05, 0.1) is 12.4 Å². The fourth-order valence-corrected chi connectivity index (χ4v) is 3.78. The zero-order chi connectivity index (χ0) is 18.8. The highest BCUT2D eigenvalue weighted by atomic mass is 32.2. The Bertz CT molecular complexity index is 788. The Morgan fingerprint density at radius 1 is 1.35 bits per heavy atom. The molecule has 142 valence electrons. The van der Waals surface area contributed by atoms with Crippen LogP contribution in [0.4, 0.5) is 5.82 Å². The first-order chi connectivity index (χ1) is 12.4. The molecule has 26 heavy (non-hydrogen) atoms. The Hall–Kier alpha value is -1.99. The van der Waals surface area contributed by atoms with Crippen molar-refractivity contribution in [1.29, 1.82) is 0 Å². The number of imidazole rings is 1. The van der Waals surface area contributed by atoms with Gasteiger partial charge in [-0.1, -0.05) is 0 Å². The minimum absolute atomic E-state index is 0.212. The van der Waals surface area contributed by atoms with Crippen molar-refractivity contribution in [3.63, 3.8) is 0 Å². The topological polar surface area (TPSA) is 183 Å². The van der Waals surface area contributed by atoms with E-state index >= 15 is 0 Å². The number of thioether (sulfide) groups is 1. The van der Waals surface area contributed by atoms with Gasteiger partial charge in [0, 0.05) is 5.75 Å². The second-order valence-corrected chi connectivity index (χ2v) is 7.09. The second-order valence-electron chi connectivity index (χ2n) is 5.94. The van der Waals surface area contributed by atoms with Crippen LogP contribution in [0.2, 0.25) is 0 Å². The van der Waals surface area contributed by atoms with Gasteiger partial charge in [0.2, 0.25) is 0 Å². The molecule has 1 saturated heterocycles. The zero-order valence-corrected chi connectivity index (χ0v) is 14.5. The molecule has 0 aliphatic carbocycles. The summed E-state index contributed by atoms with van der Waals surface area (Å²) in [5, 5.41) is 29.3. The number of nitrogen functional groups attached to an aromatic ring is 1. The lowest BCUT2D eigenvalue weighted by Gasteiger charge is -2.16. The van der Waals surface area contributed by atoms with Gasteiger partial charge in [-0.2, -0.15) is 11.8 Å². The number of hydrogen-bond acceptors (Lipinski definition) is 10. The monoisotopic (exact) mass is 384 g/mol. The van der Waals surface area contributed by atoms with Crippen molar-refractivity contribution in [1.82, 2.24) is 19.5 Å². The van der Waals surface area contributed by atoms with Crippen molar-refractivity contribution < 1.29 is 24.9 Å². The number of ether oxygens (including phenoxy) is 1. The number of aliphatic hydroxyl groups excluding tert-OH is 2. The molecule has 0 amide bonds. The number of aliphatic hydroxyl groups is 2. The Morgan fingerprint density at radius 2 is 2.12 bits per heavy atom. The molecule has 2 aromatic heterocycles. The highest BCUT2D eigenvalue weighted by Crippen LogP contribution is 2.33. The summed E-state index contributed by atoms with van der Waals surface area (Å²) in [5.74, 6) is 0.0405. The van der Waals surface area contributed by atoms with Gasteiger partial charge < -0.3 is 31.5 Å². The van der Waals surface area contributed by atoms with Crippen LogP contribution in [0.5, 0.6) is 0 Å². The van der Waals surface area contributed by atoms with Crippen LogP contribution in [0.25, 0.3) is 11.2 Å². The van der Waals surface area contributed by atoms with Gasteiger partial charge in [-0.3, -0.25) is 9.36 Å². The van der Waals surface area contributed by atoms with Gasteiger partial charge >= 0.3 is 5.97 Å². The molecule has 1 aliphatic heterocycles. The third kappa shape index (κ3) is 3.59. The lowest BCUT2D eigenvalue weighted by molar-refractivity contribution is -0.138. The number of fused-ring (bicyclic) bond motifs is 1. The predicted molar refractivity (Wildman–Crippen MR) is 93.2 cm³/mol. The molecule has 0 spiro atoms. The van der Waals surface area contributed by atoms with Crippen molar-refractivity contribution in [2.45, 2.75) is 37.0 Å². The molecule has 7 N–H and O–H groups in total. The zero-order valence-electron chi connectivity index (χ0n) is 13.7. The van der Waals surface area contributed by atoms with E-state index in [1.807, 2.05) is 0 Å². The summed E-state index contributed by atoms with van der Waals surface area (Å²) in [6.45, 7) is 0. The van der Waals surface area contributed by atoms with E-state index in [1.165, 1.54) is 29.0 Å². The van der Waals surface area contributed by atoms with Crippen molar-refractivity contribution >= 4 is 34.7 Å². The number of carboxylic acid groups (broad SMARTS) is 1. The number of nitrogens with two attached hydrogens (primary N) is 2. The van der Waals surface area contributed by atoms with Crippen LogP contribution in [-0.2, 0) is 9.53 Å². The molecule has 1 fully saturated rings. The molecular formula is C14H20N6O5S. The maximum absolute atomic E-state index is 10.7. The SMILES string of the molecule is Nc1ncnc2c1ncn2[C@@H]1O[C@H](CSCC[C@H](N)C(=O)O)[C@H](O)[C@@H]1O. The number of anilines is 1. The third-order valence-electron chi connectivity index (χ3n) is 4.17. The normalized spacial score (nSPS) is 27.0. The molecule has 0 unspecified atom stereocenters. The third-order valence-corrected chi connectivity index (χ3v) is 5.26. The average Bonchev–Trinajstić information content (AvgIpc) is 3.15. The van der Waals surface area contributed by atoms with E-state index in [0.717, 1.165) is 0 Å². The smallest absolute Gasteiger partial charge is 0.320 e. The summed E-state index contributed by atoms with van der Waals surface area (Å²) in [6.07, 6.45) is -0.747. The summed E-state index contributed by atoms with van der Waals surface area (Å²) < 4.78 is 7.29. The minimum Gasteiger partial charge on any atom is -0.480 e. The van der Waals surface area contributed by atoms with E-state index in [9.17, 15) is 15.0 Å². The van der Waals surface area contributed by atoms with Crippen molar-refractivity contribution in [3.8, 4) is 0 Å². The molecule has 11 nitrogen and oxygen atoms in total. The fourth-order valence-electron chi connectivity index (χ4n) is 2.69. The van der Waals surface area contributed by atoms with Crippen LogP contribution in [0.3, 0.4) is 0 Å². The first-order valence-corrected chi connectivity index (χ1v) is 9.06. The van der Waals surface area contributed by atoms with Crippen LogP contribution in [0, 0.1) is 0 Å². The van der Waals surface area contributed by atoms with E-state index in [0.29, 0.717) is 29.1 Å². The van der Waals surface area contributed by atoms with Gasteiger partial charge in [-0.15, -0.1) is 0 Å². The largest absolute Gasteiger partial charge is 0.480 e. The Morgan fingerprint density at radius 3 is 2.85 bits per heavy atom. The van der Waals surface area contributed by atoms with Gasteiger partial charge in [0.25, 0.3) is 0 Å². The van der Waals surface area contributed by atoms with E-state index in [-0.39, 0.29) is 5.82 Å². The van der Waals surface area contributed by atoms with Crippen molar-refractivity contribution in [2.75, 3.05) is 17.2 Å². The number of aromatic nitrogens is 4. The van der Waals surface area contributed by atoms with E-state index < -0.39 is 36.6 Å². The Balaban J connectivity index is 1.64. The van der Waals surface area contributed by atoms with Crippen LogP contribution in [0.1, 0.15) is 12.6 Å². The summed E-state index contributed by atoms with van der Waals surface area (Å²) in [5.41, 5.74) is 12.0. The molecular weight excluding hydrogens is 364 g/mol. The maximum Gasteiger partial charge on any atom is 0.320 e. The maximum atomic E-state index is 10.7. The van der Waals surface area contributed by atoms with Crippen molar-refractivity contribution in [3.05, 3.63) is 12.7 Å². The van der Waals surface area contributed by atoms with Crippen LogP contribution < -0.4 is 11.5 Å². The molecule has 0 saturated carbocycles. The number of hydrogen-bond donors (Lipinski definition) is 5. The number of aliphatic carboxylic acids is 1. The summed E-state index contributed by atoms with van der Waals surface area (Å²) >= 11 is 1.40. The molecule has 0 radical (unpaired) electrons. The Labute approximate surface area is 152 Å². The second kappa shape index (κ2) is 7.72. The summed E-state index contributed by atoms with van der Waals surface area (Å²) in [7, 11) is 0. The van der Waals surface area contributed by atoms with Crippen LogP contribution >= 0.6 is 11.8 Å². The molecule has 0 aromatic carbocycles. The van der Waals surface area contributed by atoms with Crippen LogP contribution in [-0.4, -0.2) is 76.7 Å². The van der Waals surface area contributed by atoms with Crippen molar-refractivity contribution in [2.24, 2.45) is 5.73 Å². The average molecular weight is 384 g/mol. The van der Waals surface area contributed by atoms with Gasteiger partial charge in [-0.25, -0.2) is 15.0 Å². The number of carbonyl (C=O) groups is 1. The molecule has 5 atom stereocenters. The minimum atomic E-state index is -1.17. The highest BCUT2D eigenvalue weighted by Gasteiger charge is 2.44. The molecule has 3 heterocycles. The quantitative estimate of drug-likeness (QED) is 0.352. The van der Waals surface area contributed by atoms with Gasteiger partial charge in [-0.05, 0) is 12.2 Å².